The van der Waals surface area contributed by atoms with Gasteiger partial charge in [0.1, 0.15) is 0 Å². The summed E-state index contributed by atoms with van der Waals surface area (Å²) in [6.07, 6.45) is 24.0. The number of hydrogen-bond donors (Lipinski definition) is 0. The van der Waals surface area contributed by atoms with Gasteiger partial charge in [0, 0.05) is 0 Å². The van der Waals surface area contributed by atoms with Crippen LogP contribution in [0.15, 0.2) is 36.5 Å². The highest BCUT2D eigenvalue weighted by Crippen LogP contribution is 2.06. The standard InChI is InChI=1S/C14H22/c1-2-4-6-8-10-12-14-13-11-9-7-5-3-1/h1-2,5,7-8,10H,3-4,6,9,11-14H2/b2-1-,7-5+,10-8+. The average molecular weight is 190 g/mol. The summed E-state index contributed by atoms with van der Waals surface area (Å²) in [5, 5.41) is 0. The van der Waals surface area contributed by atoms with Gasteiger partial charge in [-0.2, -0.15) is 0 Å². The van der Waals surface area contributed by atoms with Crippen molar-refractivity contribution in [2.24, 2.45) is 0 Å². The lowest BCUT2D eigenvalue weighted by Gasteiger charge is -1.96. The van der Waals surface area contributed by atoms with Gasteiger partial charge in [0.25, 0.3) is 0 Å². The highest BCUT2D eigenvalue weighted by atomic mass is 13.9. The molecule has 0 saturated heterocycles. The molecule has 0 radical (unpaired) electrons. The van der Waals surface area contributed by atoms with Gasteiger partial charge in [-0.1, -0.05) is 42.9 Å². The number of hydrogen-bond acceptors (Lipinski definition) is 0. The third-order valence-electron chi connectivity index (χ3n) is 2.51. The fraction of sp³-hybridized carbons (Fsp3) is 0.571. The highest BCUT2D eigenvalue weighted by Gasteiger charge is 1.86. The second-order valence-electron chi connectivity index (χ2n) is 3.87. The third-order valence-corrected chi connectivity index (χ3v) is 2.51. The van der Waals surface area contributed by atoms with Crippen LogP contribution in [0, 0.1) is 0 Å². The van der Waals surface area contributed by atoms with Crippen molar-refractivity contribution in [3.8, 4) is 0 Å². The van der Waals surface area contributed by atoms with E-state index in [1.165, 1.54) is 44.9 Å². The van der Waals surface area contributed by atoms with Gasteiger partial charge in [-0.25, -0.2) is 0 Å². The Morgan fingerprint density at radius 3 is 1.64 bits per heavy atom. The summed E-state index contributed by atoms with van der Waals surface area (Å²) in [5.74, 6) is 0. The van der Waals surface area contributed by atoms with Crippen LogP contribution >= 0.6 is 0 Å². The zero-order valence-electron chi connectivity index (χ0n) is 9.12. The number of rotatable bonds is 0. The predicted molar refractivity (Wildman–Crippen MR) is 64.4 cm³/mol. The molecule has 0 spiro atoms. The summed E-state index contributed by atoms with van der Waals surface area (Å²) in [6.45, 7) is 0. The van der Waals surface area contributed by atoms with Crippen LogP contribution in [0.5, 0.6) is 0 Å². The van der Waals surface area contributed by atoms with E-state index in [0.717, 1.165) is 6.42 Å². The Bertz CT molecular complexity index is 196. The molecule has 0 aromatic rings. The van der Waals surface area contributed by atoms with Crippen LogP contribution in [0.25, 0.3) is 0 Å². The largest absolute Gasteiger partial charge is 0.0885 e. The molecule has 0 aliphatic heterocycles. The van der Waals surface area contributed by atoms with Crippen molar-refractivity contribution in [3.63, 3.8) is 0 Å². The van der Waals surface area contributed by atoms with Gasteiger partial charge in [0.05, 0.1) is 0 Å². The fourth-order valence-electron chi connectivity index (χ4n) is 1.64. The molecule has 0 heterocycles. The molecule has 1 aliphatic carbocycles. The van der Waals surface area contributed by atoms with Gasteiger partial charge in [0.2, 0.25) is 0 Å². The van der Waals surface area contributed by atoms with Crippen molar-refractivity contribution in [2.75, 3.05) is 0 Å². The first-order valence-corrected chi connectivity index (χ1v) is 5.95. The van der Waals surface area contributed by atoms with E-state index in [4.69, 9.17) is 0 Å². The molecule has 0 saturated carbocycles. The average Bonchev–Trinajstić information content (AvgIpc) is 2.22. The molecule has 0 nitrogen and oxygen atoms in total. The maximum absolute atomic E-state index is 2.34. The first-order chi connectivity index (χ1) is 7.00. The van der Waals surface area contributed by atoms with Crippen molar-refractivity contribution < 1.29 is 0 Å². The lowest BCUT2D eigenvalue weighted by Crippen LogP contribution is -1.76. The Labute approximate surface area is 88.4 Å². The molecule has 0 atom stereocenters. The molecule has 0 heteroatoms. The molecule has 78 valence electrons. The molecule has 0 aromatic carbocycles. The van der Waals surface area contributed by atoms with Crippen LogP contribution in [0.4, 0.5) is 0 Å². The van der Waals surface area contributed by atoms with Gasteiger partial charge in [0.15, 0.2) is 0 Å². The molecule has 0 N–H and O–H groups in total. The maximum atomic E-state index is 2.34. The third kappa shape index (κ3) is 6.71. The molecule has 1 aliphatic rings. The van der Waals surface area contributed by atoms with E-state index in [-0.39, 0.29) is 0 Å². The predicted octanol–water partition coefficient (Wildman–Crippen LogP) is 4.79. The van der Waals surface area contributed by atoms with Crippen LogP contribution in [0.1, 0.15) is 51.4 Å². The van der Waals surface area contributed by atoms with Gasteiger partial charge in [-0.05, 0) is 44.9 Å². The smallest absolute Gasteiger partial charge is 0.0169 e. The lowest BCUT2D eigenvalue weighted by molar-refractivity contribution is 0.694. The van der Waals surface area contributed by atoms with Crippen molar-refractivity contribution in [2.45, 2.75) is 51.4 Å². The molecule has 0 aromatic heterocycles. The van der Waals surface area contributed by atoms with Crippen LogP contribution in [-0.2, 0) is 0 Å². The summed E-state index contributed by atoms with van der Waals surface area (Å²) in [5.41, 5.74) is 0. The van der Waals surface area contributed by atoms with Crippen molar-refractivity contribution in [1.29, 1.82) is 0 Å². The summed E-state index contributed by atoms with van der Waals surface area (Å²) in [7, 11) is 0. The Balaban J connectivity index is 2.25. The summed E-state index contributed by atoms with van der Waals surface area (Å²) >= 11 is 0. The first-order valence-electron chi connectivity index (χ1n) is 5.95. The molecule has 0 bridgehead atoms. The molecule has 14 heavy (non-hydrogen) atoms. The SMILES string of the molecule is C1=C\CC/C=C/CCCCC/C=C/C/1. The van der Waals surface area contributed by atoms with Crippen molar-refractivity contribution >= 4 is 0 Å². The van der Waals surface area contributed by atoms with E-state index < -0.39 is 0 Å². The maximum Gasteiger partial charge on any atom is -0.0169 e. The van der Waals surface area contributed by atoms with E-state index in [1.54, 1.807) is 0 Å². The molecule has 0 unspecified atom stereocenters. The lowest BCUT2D eigenvalue weighted by atomic mass is 10.1. The molecular weight excluding hydrogens is 168 g/mol. The zero-order chi connectivity index (χ0) is 9.90. The molecule has 0 fully saturated rings. The van der Waals surface area contributed by atoms with Gasteiger partial charge in [-0.15, -0.1) is 0 Å². The van der Waals surface area contributed by atoms with Crippen molar-refractivity contribution in [1.82, 2.24) is 0 Å². The first kappa shape index (κ1) is 11.3. The normalized spacial score (nSPS) is 27.4. The van der Waals surface area contributed by atoms with Gasteiger partial charge < -0.3 is 0 Å². The van der Waals surface area contributed by atoms with E-state index in [9.17, 15) is 0 Å². The molecular formula is C14H22. The van der Waals surface area contributed by atoms with E-state index in [2.05, 4.69) is 36.5 Å². The Hall–Kier alpha value is -0.780. The Morgan fingerprint density at radius 2 is 0.929 bits per heavy atom. The number of allylic oxidation sites excluding steroid dienone is 6. The van der Waals surface area contributed by atoms with Crippen LogP contribution in [-0.4, -0.2) is 0 Å². The van der Waals surface area contributed by atoms with Crippen molar-refractivity contribution in [3.05, 3.63) is 36.5 Å². The Morgan fingerprint density at radius 1 is 0.429 bits per heavy atom. The van der Waals surface area contributed by atoms with E-state index in [0.29, 0.717) is 0 Å². The zero-order valence-corrected chi connectivity index (χ0v) is 9.12. The minimum atomic E-state index is 1.11. The minimum Gasteiger partial charge on any atom is -0.0885 e. The van der Waals surface area contributed by atoms with Crippen LogP contribution < -0.4 is 0 Å². The fourth-order valence-corrected chi connectivity index (χ4v) is 1.64. The van der Waals surface area contributed by atoms with Crippen LogP contribution in [0.3, 0.4) is 0 Å². The molecule has 1 rings (SSSR count). The monoisotopic (exact) mass is 190 g/mol. The van der Waals surface area contributed by atoms with Crippen LogP contribution in [0.2, 0.25) is 0 Å². The van der Waals surface area contributed by atoms with Gasteiger partial charge in [-0.3, -0.25) is 0 Å². The summed E-state index contributed by atoms with van der Waals surface area (Å²) in [4.78, 5) is 0. The second kappa shape index (κ2) is 8.80. The van der Waals surface area contributed by atoms with E-state index >= 15 is 0 Å². The van der Waals surface area contributed by atoms with Gasteiger partial charge >= 0.3 is 0 Å². The van der Waals surface area contributed by atoms with E-state index in [1.807, 2.05) is 0 Å². The summed E-state index contributed by atoms with van der Waals surface area (Å²) < 4.78 is 0. The Kier molecular flexibility index (Phi) is 7.10. The topological polar surface area (TPSA) is 0 Å². The summed E-state index contributed by atoms with van der Waals surface area (Å²) in [6, 6.07) is 0. The second-order valence-corrected chi connectivity index (χ2v) is 3.87. The quantitative estimate of drug-likeness (QED) is 0.482. The highest BCUT2D eigenvalue weighted by molar-refractivity contribution is 4.94. The molecule has 0 amide bonds. The minimum absolute atomic E-state index is 1.11.